The number of nitrogens with zero attached hydrogens (tertiary/aromatic N) is 2. The summed E-state index contributed by atoms with van der Waals surface area (Å²) in [5.41, 5.74) is 4.69. The van der Waals surface area contributed by atoms with Crippen molar-refractivity contribution in [2.45, 2.75) is 44.6 Å². The highest BCUT2D eigenvalue weighted by Gasteiger charge is 2.28. The molecule has 4 nitrogen and oxygen atoms in total. The monoisotopic (exact) mass is 407 g/mol. The minimum absolute atomic E-state index is 0.0163. The Bertz CT molecular complexity index is 885. The van der Waals surface area contributed by atoms with E-state index < -0.39 is 0 Å². The second-order valence-electron chi connectivity index (χ2n) is 7.94. The highest BCUT2D eigenvalue weighted by Crippen LogP contribution is 2.33. The van der Waals surface area contributed by atoms with E-state index in [4.69, 9.17) is 5.26 Å². The van der Waals surface area contributed by atoms with Gasteiger partial charge >= 0.3 is 0 Å². The third-order valence-electron chi connectivity index (χ3n) is 5.21. The number of rotatable bonds is 7. The van der Waals surface area contributed by atoms with Crippen LogP contribution in [0.1, 0.15) is 42.5 Å². The normalized spacial score (nSPS) is 17.7. The molecule has 1 aliphatic heterocycles. The molecule has 1 aliphatic rings. The van der Waals surface area contributed by atoms with Gasteiger partial charge in [0.15, 0.2) is 0 Å². The van der Waals surface area contributed by atoms with Crippen LogP contribution in [0.4, 0.5) is 5.69 Å². The number of benzene rings is 2. The molecule has 2 unspecified atom stereocenters. The number of carbonyl (C=O) groups excluding carboxylic acids is 1. The number of amides is 1. The third-order valence-corrected chi connectivity index (χ3v) is 6.54. The number of nitriles is 1. The van der Waals surface area contributed by atoms with E-state index in [0.29, 0.717) is 18.3 Å². The average molecular weight is 408 g/mol. The van der Waals surface area contributed by atoms with Crippen LogP contribution in [-0.4, -0.2) is 29.6 Å². The van der Waals surface area contributed by atoms with Gasteiger partial charge in [-0.05, 0) is 57.9 Å². The summed E-state index contributed by atoms with van der Waals surface area (Å²) in [6, 6.07) is 17.1. The molecule has 0 aromatic heterocycles. The molecule has 2 atom stereocenters. The largest absolute Gasteiger partial charge is 0.324 e. The van der Waals surface area contributed by atoms with E-state index in [1.54, 1.807) is 11.8 Å². The van der Waals surface area contributed by atoms with Crippen molar-refractivity contribution in [3.8, 4) is 6.07 Å². The maximum absolute atomic E-state index is 12.8. The number of aryl methyl sites for hydroxylation is 2. The van der Waals surface area contributed by atoms with Crippen molar-refractivity contribution in [1.29, 1.82) is 5.26 Å². The zero-order valence-electron chi connectivity index (χ0n) is 17.4. The topological polar surface area (TPSA) is 56.1 Å². The zero-order valence-corrected chi connectivity index (χ0v) is 18.3. The third kappa shape index (κ3) is 5.85. The fourth-order valence-electron chi connectivity index (χ4n) is 3.92. The van der Waals surface area contributed by atoms with Crippen molar-refractivity contribution in [1.82, 2.24) is 4.90 Å². The Kier molecular flexibility index (Phi) is 7.35. The van der Waals surface area contributed by atoms with Gasteiger partial charge in [-0.3, -0.25) is 9.69 Å². The van der Waals surface area contributed by atoms with Crippen molar-refractivity contribution in [3.63, 3.8) is 0 Å². The molecule has 2 aromatic rings. The first-order valence-corrected chi connectivity index (χ1v) is 11.2. The lowest BCUT2D eigenvalue weighted by Gasteiger charge is -2.25. The molecule has 152 valence electrons. The number of para-hydroxylation sites is 1. The quantitative estimate of drug-likeness (QED) is 0.630. The Labute approximate surface area is 178 Å². The number of hydrogen-bond acceptors (Lipinski definition) is 4. The van der Waals surface area contributed by atoms with Gasteiger partial charge in [-0.2, -0.15) is 5.26 Å². The van der Waals surface area contributed by atoms with Crippen molar-refractivity contribution in [3.05, 3.63) is 59.2 Å². The molecule has 1 fully saturated rings. The van der Waals surface area contributed by atoms with Crippen LogP contribution in [0.5, 0.6) is 0 Å². The molecule has 2 aromatic carbocycles. The van der Waals surface area contributed by atoms with E-state index in [2.05, 4.69) is 48.3 Å². The van der Waals surface area contributed by atoms with E-state index >= 15 is 0 Å². The fraction of sp³-hybridized carbons (Fsp3) is 0.417. The summed E-state index contributed by atoms with van der Waals surface area (Å²) >= 11 is 1.61. The van der Waals surface area contributed by atoms with Crippen LogP contribution in [0.25, 0.3) is 0 Å². The summed E-state index contributed by atoms with van der Waals surface area (Å²) in [5, 5.41) is 12.1. The molecule has 1 saturated heterocycles. The van der Waals surface area contributed by atoms with E-state index in [0.717, 1.165) is 30.0 Å². The van der Waals surface area contributed by atoms with Crippen LogP contribution in [0, 0.1) is 31.1 Å². The van der Waals surface area contributed by atoms with E-state index in [9.17, 15) is 4.79 Å². The molecule has 0 bridgehead atoms. The highest BCUT2D eigenvalue weighted by molar-refractivity contribution is 7.99. The first-order valence-electron chi connectivity index (χ1n) is 10.2. The van der Waals surface area contributed by atoms with Crippen LogP contribution >= 0.6 is 11.8 Å². The Morgan fingerprint density at radius 1 is 1.28 bits per heavy atom. The Hall–Kier alpha value is -2.29. The number of anilines is 1. The number of nitrogens with one attached hydrogen (secondary N) is 1. The lowest BCUT2D eigenvalue weighted by atomic mass is 9.99. The molecule has 0 aliphatic carbocycles. The van der Waals surface area contributed by atoms with Crippen molar-refractivity contribution in [2.24, 2.45) is 5.92 Å². The van der Waals surface area contributed by atoms with Gasteiger partial charge in [-0.25, -0.2) is 0 Å². The molecular formula is C24H29N3OS. The molecule has 1 N–H and O–H groups in total. The van der Waals surface area contributed by atoms with E-state index in [1.165, 1.54) is 16.7 Å². The van der Waals surface area contributed by atoms with Crippen molar-refractivity contribution >= 4 is 23.4 Å². The Balaban J connectivity index is 1.65. The predicted molar refractivity (Wildman–Crippen MR) is 120 cm³/mol. The van der Waals surface area contributed by atoms with Gasteiger partial charge in [0.05, 0.1) is 24.2 Å². The van der Waals surface area contributed by atoms with E-state index in [1.807, 2.05) is 31.2 Å². The van der Waals surface area contributed by atoms with Gasteiger partial charge in [-0.15, -0.1) is 11.8 Å². The van der Waals surface area contributed by atoms with Crippen LogP contribution < -0.4 is 5.32 Å². The van der Waals surface area contributed by atoms with Gasteiger partial charge in [0.1, 0.15) is 0 Å². The maximum Gasteiger partial charge on any atom is 0.238 e. The molecule has 0 saturated carbocycles. The van der Waals surface area contributed by atoms with Gasteiger partial charge in [0.25, 0.3) is 0 Å². The summed E-state index contributed by atoms with van der Waals surface area (Å²) in [4.78, 5) is 16.1. The van der Waals surface area contributed by atoms with Crippen molar-refractivity contribution in [2.75, 3.05) is 24.2 Å². The molecule has 1 heterocycles. The first kappa shape index (κ1) is 21.4. The molecule has 29 heavy (non-hydrogen) atoms. The molecule has 0 radical (unpaired) electrons. The fourth-order valence-corrected chi connectivity index (χ4v) is 4.87. The van der Waals surface area contributed by atoms with Gasteiger partial charge in [-0.1, -0.05) is 41.5 Å². The minimum Gasteiger partial charge on any atom is -0.324 e. The Morgan fingerprint density at radius 3 is 2.72 bits per heavy atom. The van der Waals surface area contributed by atoms with Crippen LogP contribution in [-0.2, 0) is 4.79 Å². The summed E-state index contributed by atoms with van der Waals surface area (Å²) in [5.74, 6) is 0.708. The van der Waals surface area contributed by atoms with Gasteiger partial charge in [0, 0.05) is 16.7 Å². The standard InChI is InChI=1S/C24H29N3OS/c1-17-11-18(2)13-20(12-17)22-8-6-10-27(22)15-24(28)26-21-7-4-5-9-23(21)29-16-19(3)14-25/h4-5,7,9,11-13,19,22H,6,8,10,15-16H2,1-3H3,(H,26,28). The lowest BCUT2D eigenvalue weighted by molar-refractivity contribution is -0.117. The van der Waals surface area contributed by atoms with Gasteiger partial charge in [0.2, 0.25) is 5.91 Å². The molecular weight excluding hydrogens is 378 g/mol. The van der Waals surface area contributed by atoms with Crippen LogP contribution in [0.15, 0.2) is 47.4 Å². The number of hydrogen-bond donors (Lipinski definition) is 1. The van der Waals surface area contributed by atoms with Crippen LogP contribution in [0.3, 0.4) is 0 Å². The summed E-state index contributed by atoms with van der Waals surface area (Å²) in [6.45, 7) is 7.51. The predicted octanol–water partition coefficient (Wildman–Crippen LogP) is 5.33. The molecule has 5 heteroatoms. The maximum atomic E-state index is 12.8. The number of likely N-dealkylation sites (tertiary alicyclic amines) is 1. The average Bonchev–Trinajstić information content (AvgIpc) is 3.14. The van der Waals surface area contributed by atoms with Crippen LogP contribution in [0.2, 0.25) is 0 Å². The SMILES string of the molecule is Cc1cc(C)cc(C2CCCN2CC(=O)Nc2ccccc2SCC(C)C#N)c1. The van der Waals surface area contributed by atoms with E-state index in [-0.39, 0.29) is 11.8 Å². The zero-order chi connectivity index (χ0) is 20.8. The molecule has 0 spiro atoms. The number of carbonyl (C=O) groups is 1. The van der Waals surface area contributed by atoms with Crippen molar-refractivity contribution < 1.29 is 4.79 Å². The second-order valence-corrected chi connectivity index (χ2v) is 9.00. The summed E-state index contributed by atoms with van der Waals surface area (Å²) < 4.78 is 0. The highest BCUT2D eigenvalue weighted by atomic mass is 32.2. The lowest BCUT2D eigenvalue weighted by Crippen LogP contribution is -2.33. The smallest absolute Gasteiger partial charge is 0.238 e. The molecule has 3 rings (SSSR count). The summed E-state index contributed by atoms with van der Waals surface area (Å²) in [7, 11) is 0. The first-order chi connectivity index (χ1) is 14.0. The second kappa shape index (κ2) is 9.96. The summed E-state index contributed by atoms with van der Waals surface area (Å²) in [6.07, 6.45) is 2.21. The molecule has 1 amide bonds. The minimum atomic E-state index is -0.0214. The Morgan fingerprint density at radius 2 is 2.00 bits per heavy atom. The number of thioether (sulfide) groups is 1. The van der Waals surface area contributed by atoms with Gasteiger partial charge < -0.3 is 5.32 Å².